The number of sulfonamides is 1. The summed E-state index contributed by atoms with van der Waals surface area (Å²) in [4.78, 5) is 12.5. The van der Waals surface area contributed by atoms with Gasteiger partial charge in [-0.15, -0.1) is 11.3 Å². The first kappa shape index (κ1) is 19.9. The molecule has 0 amide bonds. The predicted octanol–water partition coefficient (Wildman–Crippen LogP) is 3.94. The molecule has 2 aromatic carbocycles. The molecule has 3 rings (SSSR count). The van der Waals surface area contributed by atoms with E-state index >= 15 is 0 Å². The molecule has 0 atom stereocenters. The van der Waals surface area contributed by atoms with E-state index in [4.69, 9.17) is 9.47 Å². The Labute approximate surface area is 168 Å². The van der Waals surface area contributed by atoms with Gasteiger partial charge in [-0.25, -0.2) is 13.2 Å². The SMILES string of the molecule is COC(=O)c1sccc1N(Cc1ccccc1)S(=O)(=O)c1ccc(OC)cc1. The van der Waals surface area contributed by atoms with Crippen molar-refractivity contribution in [1.82, 2.24) is 0 Å². The molecule has 3 aromatic rings. The van der Waals surface area contributed by atoms with Crippen molar-refractivity contribution < 1.29 is 22.7 Å². The summed E-state index contributed by atoms with van der Waals surface area (Å²) < 4.78 is 38.0. The van der Waals surface area contributed by atoms with Crippen molar-refractivity contribution in [3.05, 3.63) is 76.5 Å². The van der Waals surface area contributed by atoms with Crippen LogP contribution in [0, 0.1) is 0 Å². The Hall–Kier alpha value is -2.84. The van der Waals surface area contributed by atoms with Gasteiger partial charge < -0.3 is 9.47 Å². The number of methoxy groups -OCH3 is 2. The molecule has 1 aromatic heterocycles. The van der Waals surface area contributed by atoms with Crippen LogP contribution in [0.3, 0.4) is 0 Å². The third-order valence-corrected chi connectivity index (χ3v) is 6.76. The fourth-order valence-electron chi connectivity index (χ4n) is 2.67. The van der Waals surface area contributed by atoms with E-state index in [2.05, 4.69) is 0 Å². The number of nitrogens with zero attached hydrogens (tertiary/aromatic N) is 1. The predicted molar refractivity (Wildman–Crippen MR) is 108 cm³/mol. The van der Waals surface area contributed by atoms with Gasteiger partial charge >= 0.3 is 5.97 Å². The summed E-state index contributed by atoms with van der Waals surface area (Å²) in [5.74, 6) is -0.0210. The lowest BCUT2D eigenvalue weighted by atomic mass is 10.2. The zero-order valence-corrected chi connectivity index (χ0v) is 17.0. The van der Waals surface area contributed by atoms with E-state index < -0.39 is 16.0 Å². The van der Waals surface area contributed by atoms with Crippen LogP contribution in [0.1, 0.15) is 15.2 Å². The maximum atomic E-state index is 13.4. The van der Waals surface area contributed by atoms with Gasteiger partial charge in [0.1, 0.15) is 10.6 Å². The molecule has 6 nitrogen and oxygen atoms in total. The van der Waals surface area contributed by atoms with Crippen LogP contribution in [0.25, 0.3) is 0 Å². The number of thiophene rings is 1. The third kappa shape index (κ3) is 4.02. The van der Waals surface area contributed by atoms with E-state index in [9.17, 15) is 13.2 Å². The lowest BCUT2D eigenvalue weighted by Crippen LogP contribution is -2.31. The summed E-state index contributed by atoms with van der Waals surface area (Å²) in [6.45, 7) is 0.0793. The zero-order chi connectivity index (χ0) is 20.1. The number of carbonyl (C=O) groups is 1. The van der Waals surface area contributed by atoms with Crippen LogP contribution < -0.4 is 9.04 Å². The molecule has 0 saturated carbocycles. The number of hydrogen-bond donors (Lipinski definition) is 0. The number of hydrogen-bond acceptors (Lipinski definition) is 6. The van der Waals surface area contributed by atoms with Crippen LogP contribution in [-0.2, 0) is 21.3 Å². The van der Waals surface area contributed by atoms with Gasteiger partial charge in [-0.3, -0.25) is 4.31 Å². The van der Waals surface area contributed by atoms with Gasteiger partial charge in [-0.1, -0.05) is 30.3 Å². The monoisotopic (exact) mass is 417 g/mol. The van der Waals surface area contributed by atoms with E-state index in [0.717, 1.165) is 16.9 Å². The maximum Gasteiger partial charge on any atom is 0.350 e. The summed E-state index contributed by atoms with van der Waals surface area (Å²) in [6.07, 6.45) is 0. The summed E-state index contributed by atoms with van der Waals surface area (Å²) in [5, 5.41) is 1.67. The summed E-state index contributed by atoms with van der Waals surface area (Å²) in [5.41, 5.74) is 1.08. The summed E-state index contributed by atoms with van der Waals surface area (Å²) in [7, 11) is -1.15. The van der Waals surface area contributed by atoms with Crippen LogP contribution in [0.4, 0.5) is 5.69 Å². The number of esters is 1. The average Bonchev–Trinajstić information content (AvgIpc) is 3.21. The number of benzene rings is 2. The Kier molecular flexibility index (Phi) is 6.01. The van der Waals surface area contributed by atoms with Crippen LogP contribution in [0.2, 0.25) is 0 Å². The Morgan fingerprint density at radius 2 is 1.68 bits per heavy atom. The first-order valence-electron chi connectivity index (χ1n) is 8.34. The second-order valence-corrected chi connectivity index (χ2v) is 8.58. The molecule has 8 heteroatoms. The lowest BCUT2D eigenvalue weighted by molar-refractivity contribution is 0.0607. The quantitative estimate of drug-likeness (QED) is 0.545. The molecule has 0 saturated heterocycles. The Balaban J connectivity index is 2.10. The molecule has 0 radical (unpaired) electrons. The highest BCUT2D eigenvalue weighted by molar-refractivity contribution is 7.92. The number of carbonyl (C=O) groups excluding carboxylic acids is 1. The second-order valence-electron chi connectivity index (χ2n) is 5.80. The highest BCUT2D eigenvalue weighted by Crippen LogP contribution is 2.33. The fourth-order valence-corrected chi connectivity index (χ4v) is 5.00. The van der Waals surface area contributed by atoms with Gasteiger partial charge in [0, 0.05) is 0 Å². The van der Waals surface area contributed by atoms with Crippen molar-refractivity contribution in [2.75, 3.05) is 18.5 Å². The van der Waals surface area contributed by atoms with Gasteiger partial charge in [0.2, 0.25) is 0 Å². The van der Waals surface area contributed by atoms with Crippen LogP contribution in [-0.4, -0.2) is 28.6 Å². The van der Waals surface area contributed by atoms with Crippen molar-refractivity contribution in [3.8, 4) is 5.75 Å². The van der Waals surface area contributed by atoms with Crippen LogP contribution in [0.15, 0.2) is 70.9 Å². The minimum atomic E-state index is -3.93. The number of anilines is 1. The average molecular weight is 418 g/mol. The third-order valence-electron chi connectivity index (χ3n) is 4.10. The fraction of sp³-hybridized carbons (Fsp3) is 0.150. The van der Waals surface area contributed by atoms with Crippen molar-refractivity contribution in [2.45, 2.75) is 11.4 Å². The zero-order valence-electron chi connectivity index (χ0n) is 15.4. The molecule has 0 spiro atoms. The van der Waals surface area contributed by atoms with Crippen molar-refractivity contribution in [2.24, 2.45) is 0 Å². The van der Waals surface area contributed by atoms with E-state index in [-0.39, 0.29) is 22.0 Å². The number of rotatable bonds is 7. The molecule has 0 aliphatic rings. The van der Waals surface area contributed by atoms with Gasteiger partial charge in [0.15, 0.2) is 0 Å². The molecule has 0 aliphatic carbocycles. The molecule has 0 N–H and O–H groups in total. The highest BCUT2D eigenvalue weighted by Gasteiger charge is 2.30. The normalized spacial score (nSPS) is 11.1. The molecular formula is C20H19NO5S2. The standard InChI is InChI=1S/C20H19NO5S2/c1-25-16-8-10-17(11-9-16)28(23,24)21(14-15-6-4-3-5-7-15)18-12-13-27-19(18)20(22)26-2/h3-13H,14H2,1-2H3. The van der Waals surface area contributed by atoms with Crippen molar-refractivity contribution in [1.29, 1.82) is 0 Å². The largest absolute Gasteiger partial charge is 0.497 e. The highest BCUT2D eigenvalue weighted by atomic mass is 32.2. The first-order valence-corrected chi connectivity index (χ1v) is 10.7. The summed E-state index contributed by atoms with van der Waals surface area (Å²) in [6, 6.07) is 16.9. The molecule has 0 fully saturated rings. The minimum absolute atomic E-state index is 0.0793. The van der Waals surface area contributed by atoms with E-state index in [1.54, 1.807) is 23.6 Å². The van der Waals surface area contributed by atoms with E-state index in [1.807, 2.05) is 30.3 Å². The van der Waals surface area contributed by atoms with E-state index in [0.29, 0.717) is 5.75 Å². The smallest absolute Gasteiger partial charge is 0.350 e. The van der Waals surface area contributed by atoms with Crippen LogP contribution in [0.5, 0.6) is 5.75 Å². The summed E-state index contributed by atoms with van der Waals surface area (Å²) >= 11 is 1.14. The Morgan fingerprint density at radius 1 is 1.00 bits per heavy atom. The first-order chi connectivity index (χ1) is 13.5. The second kappa shape index (κ2) is 8.45. The minimum Gasteiger partial charge on any atom is -0.497 e. The molecule has 146 valence electrons. The Morgan fingerprint density at radius 3 is 2.29 bits per heavy atom. The molecule has 28 heavy (non-hydrogen) atoms. The van der Waals surface area contributed by atoms with E-state index in [1.165, 1.54) is 30.7 Å². The van der Waals surface area contributed by atoms with Gasteiger partial charge in [-0.05, 0) is 41.3 Å². The Bertz CT molecular complexity index is 1040. The number of ether oxygens (including phenoxy) is 2. The van der Waals surface area contributed by atoms with Crippen molar-refractivity contribution >= 4 is 33.0 Å². The molecular weight excluding hydrogens is 398 g/mol. The van der Waals surface area contributed by atoms with Gasteiger partial charge in [0.05, 0.1) is 31.3 Å². The van der Waals surface area contributed by atoms with Crippen molar-refractivity contribution in [3.63, 3.8) is 0 Å². The molecule has 0 bridgehead atoms. The molecule has 0 unspecified atom stereocenters. The lowest BCUT2D eigenvalue weighted by Gasteiger charge is -2.24. The molecule has 0 aliphatic heterocycles. The maximum absolute atomic E-state index is 13.4. The van der Waals surface area contributed by atoms with Crippen LogP contribution >= 0.6 is 11.3 Å². The molecule has 1 heterocycles. The van der Waals surface area contributed by atoms with Gasteiger partial charge in [0.25, 0.3) is 10.0 Å². The van der Waals surface area contributed by atoms with Gasteiger partial charge in [-0.2, -0.15) is 0 Å². The topological polar surface area (TPSA) is 72.9 Å².